The number of benzene rings is 2. The highest BCUT2D eigenvalue weighted by Gasteiger charge is 2.31. The normalized spacial score (nSPS) is 17.8. The van der Waals surface area contributed by atoms with Crippen molar-refractivity contribution in [2.24, 2.45) is 0 Å². The minimum atomic E-state index is -0.389. The standard InChI is InChI=1S/C17H14BrF2NO/c18-15-10-13(20)7-8-14(15)17(22)21-9-1-2-16(21)11-3-5-12(19)6-4-11/h3-8,10,16H,1-2,9H2. The number of carbonyl (C=O) groups is 1. The molecule has 1 heterocycles. The van der Waals surface area contributed by atoms with Crippen LogP contribution in [0.15, 0.2) is 46.9 Å². The number of rotatable bonds is 2. The Balaban J connectivity index is 1.89. The van der Waals surface area contributed by atoms with Crippen LogP contribution < -0.4 is 0 Å². The molecule has 0 bridgehead atoms. The minimum Gasteiger partial charge on any atom is -0.332 e. The SMILES string of the molecule is O=C(c1ccc(F)cc1Br)N1CCCC1c1ccc(F)cc1. The quantitative estimate of drug-likeness (QED) is 0.754. The molecule has 1 amide bonds. The monoisotopic (exact) mass is 365 g/mol. The zero-order valence-corrected chi connectivity index (χ0v) is 13.3. The summed E-state index contributed by atoms with van der Waals surface area (Å²) in [5.74, 6) is -0.820. The molecule has 1 aliphatic rings. The van der Waals surface area contributed by atoms with Gasteiger partial charge in [0.2, 0.25) is 0 Å². The Morgan fingerprint density at radius 2 is 1.77 bits per heavy atom. The Bertz CT molecular complexity index is 702. The fourth-order valence-electron chi connectivity index (χ4n) is 2.86. The van der Waals surface area contributed by atoms with E-state index in [1.54, 1.807) is 17.0 Å². The van der Waals surface area contributed by atoms with Gasteiger partial charge < -0.3 is 4.90 Å². The molecule has 3 rings (SSSR count). The van der Waals surface area contributed by atoms with Gasteiger partial charge in [0.25, 0.3) is 5.91 Å². The van der Waals surface area contributed by atoms with Crippen LogP contribution in [-0.4, -0.2) is 17.4 Å². The zero-order valence-electron chi connectivity index (χ0n) is 11.7. The average Bonchev–Trinajstić information content (AvgIpc) is 2.97. The highest BCUT2D eigenvalue weighted by molar-refractivity contribution is 9.10. The first-order valence-electron chi connectivity index (χ1n) is 7.08. The highest BCUT2D eigenvalue weighted by Crippen LogP contribution is 2.34. The maximum Gasteiger partial charge on any atom is 0.255 e. The van der Waals surface area contributed by atoms with E-state index in [4.69, 9.17) is 0 Å². The summed E-state index contributed by atoms with van der Waals surface area (Å²) in [7, 11) is 0. The molecule has 2 aromatic rings. The third-order valence-corrected chi connectivity index (χ3v) is 4.59. The van der Waals surface area contributed by atoms with Gasteiger partial charge >= 0.3 is 0 Å². The van der Waals surface area contributed by atoms with Gasteiger partial charge in [-0.2, -0.15) is 0 Å². The zero-order chi connectivity index (χ0) is 15.7. The molecule has 1 fully saturated rings. The third kappa shape index (κ3) is 2.90. The molecular weight excluding hydrogens is 352 g/mol. The van der Waals surface area contributed by atoms with Crippen LogP contribution in [-0.2, 0) is 0 Å². The van der Waals surface area contributed by atoms with Crippen molar-refractivity contribution < 1.29 is 13.6 Å². The van der Waals surface area contributed by atoms with Crippen molar-refractivity contribution in [3.63, 3.8) is 0 Å². The van der Waals surface area contributed by atoms with Gasteiger partial charge in [-0.1, -0.05) is 12.1 Å². The Morgan fingerprint density at radius 3 is 2.45 bits per heavy atom. The van der Waals surface area contributed by atoms with E-state index in [1.807, 2.05) is 0 Å². The molecule has 114 valence electrons. The largest absolute Gasteiger partial charge is 0.332 e. The lowest BCUT2D eigenvalue weighted by molar-refractivity contribution is 0.0734. The van der Waals surface area contributed by atoms with E-state index in [1.165, 1.54) is 30.3 Å². The van der Waals surface area contributed by atoms with Crippen LogP contribution >= 0.6 is 15.9 Å². The van der Waals surface area contributed by atoms with E-state index in [-0.39, 0.29) is 23.6 Å². The van der Waals surface area contributed by atoms with Crippen LogP contribution in [0.1, 0.15) is 34.8 Å². The number of hydrogen-bond acceptors (Lipinski definition) is 1. The summed E-state index contributed by atoms with van der Waals surface area (Å²) in [5, 5.41) is 0. The summed E-state index contributed by atoms with van der Waals surface area (Å²) in [6.45, 7) is 0.644. The average molecular weight is 366 g/mol. The van der Waals surface area contributed by atoms with Crippen molar-refractivity contribution in [2.45, 2.75) is 18.9 Å². The lowest BCUT2D eigenvalue weighted by atomic mass is 10.0. The van der Waals surface area contributed by atoms with Gasteiger partial charge in [0.15, 0.2) is 0 Å². The van der Waals surface area contributed by atoms with E-state index in [2.05, 4.69) is 15.9 Å². The topological polar surface area (TPSA) is 20.3 Å². The second-order valence-corrected chi connectivity index (χ2v) is 6.19. The molecule has 1 unspecified atom stereocenters. The number of likely N-dealkylation sites (tertiary alicyclic amines) is 1. The molecule has 22 heavy (non-hydrogen) atoms. The van der Waals surface area contributed by atoms with E-state index in [9.17, 15) is 13.6 Å². The first-order valence-corrected chi connectivity index (χ1v) is 7.87. The summed E-state index contributed by atoms with van der Waals surface area (Å²) in [6.07, 6.45) is 1.74. The Morgan fingerprint density at radius 1 is 1.09 bits per heavy atom. The second kappa shape index (κ2) is 6.16. The molecule has 1 saturated heterocycles. The van der Waals surface area contributed by atoms with Gasteiger partial charge in [0, 0.05) is 11.0 Å². The third-order valence-electron chi connectivity index (χ3n) is 3.93. The van der Waals surface area contributed by atoms with Gasteiger partial charge in [-0.15, -0.1) is 0 Å². The molecule has 1 atom stereocenters. The Labute approximate surface area is 135 Å². The molecule has 0 aromatic heterocycles. The van der Waals surface area contributed by atoms with Gasteiger partial charge in [-0.3, -0.25) is 4.79 Å². The van der Waals surface area contributed by atoms with Crippen LogP contribution in [0.4, 0.5) is 8.78 Å². The number of hydrogen-bond donors (Lipinski definition) is 0. The molecule has 0 saturated carbocycles. The first kappa shape index (κ1) is 15.2. The van der Waals surface area contributed by atoms with Crippen LogP contribution in [0.3, 0.4) is 0 Å². The van der Waals surface area contributed by atoms with E-state index < -0.39 is 0 Å². The fraction of sp³-hybridized carbons (Fsp3) is 0.235. The predicted molar refractivity (Wildman–Crippen MR) is 83.5 cm³/mol. The summed E-state index contributed by atoms with van der Waals surface area (Å²) < 4.78 is 26.7. The molecule has 1 aliphatic heterocycles. The number of halogens is 3. The molecule has 0 radical (unpaired) electrons. The van der Waals surface area contributed by atoms with Crippen molar-refractivity contribution >= 4 is 21.8 Å². The van der Waals surface area contributed by atoms with Crippen LogP contribution in [0, 0.1) is 11.6 Å². The van der Waals surface area contributed by atoms with Crippen LogP contribution in [0.2, 0.25) is 0 Å². The molecule has 0 aliphatic carbocycles. The van der Waals surface area contributed by atoms with Crippen LogP contribution in [0.25, 0.3) is 0 Å². The number of carbonyl (C=O) groups excluding carboxylic acids is 1. The number of amides is 1. The van der Waals surface area contributed by atoms with Crippen molar-refractivity contribution in [1.82, 2.24) is 4.90 Å². The lowest BCUT2D eigenvalue weighted by Crippen LogP contribution is -2.30. The molecule has 2 aromatic carbocycles. The fourth-order valence-corrected chi connectivity index (χ4v) is 3.38. The molecular formula is C17H14BrF2NO. The summed E-state index contributed by atoms with van der Waals surface area (Å²) >= 11 is 3.24. The van der Waals surface area contributed by atoms with E-state index >= 15 is 0 Å². The maximum absolute atomic E-state index is 13.2. The molecule has 0 N–H and O–H groups in total. The van der Waals surface area contributed by atoms with Gasteiger partial charge in [0.1, 0.15) is 11.6 Å². The minimum absolute atomic E-state index is 0.0648. The smallest absolute Gasteiger partial charge is 0.255 e. The van der Waals surface area contributed by atoms with E-state index in [0.717, 1.165) is 18.4 Å². The van der Waals surface area contributed by atoms with Crippen LogP contribution in [0.5, 0.6) is 0 Å². The summed E-state index contributed by atoms with van der Waals surface area (Å²) in [6, 6.07) is 10.2. The van der Waals surface area contributed by atoms with Gasteiger partial charge in [-0.25, -0.2) is 8.78 Å². The summed E-state index contributed by atoms with van der Waals surface area (Å²) in [4.78, 5) is 14.5. The van der Waals surface area contributed by atoms with Crippen molar-refractivity contribution in [1.29, 1.82) is 0 Å². The number of nitrogens with zero attached hydrogens (tertiary/aromatic N) is 1. The Kier molecular flexibility index (Phi) is 4.25. The molecule has 2 nitrogen and oxygen atoms in total. The highest BCUT2D eigenvalue weighted by atomic mass is 79.9. The summed E-state index contributed by atoms with van der Waals surface area (Å²) in [5.41, 5.74) is 1.36. The van der Waals surface area contributed by atoms with Crippen molar-refractivity contribution in [3.8, 4) is 0 Å². The van der Waals surface area contributed by atoms with Gasteiger partial charge in [-0.05, 0) is 64.7 Å². The first-order chi connectivity index (χ1) is 10.6. The Hall–Kier alpha value is -1.75. The second-order valence-electron chi connectivity index (χ2n) is 5.33. The predicted octanol–water partition coefficient (Wildman–Crippen LogP) is 4.70. The lowest BCUT2D eigenvalue weighted by Gasteiger charge is -2.25. The van der Waals surface area contributed by atoms with Gasteiger partial charge in [0.05, 0.1) is 11.6 Å². The maximum atomic E-state index is 13.2. The molecule has 0 spiro atoms. The van der Waals surface area contributed by atoms with Crippen molar-refractivity contribution in [2.75, 3.05) is 6.54 Å². The molecule has 5 heteroatoms. The van der Waals surface area contributed by atoms with Crippen molar-refractivity contribution in [3.05, 3.63) is 69.7 Å². The van der Waals surface area contributed by atoms with E-state index in [0.29, 0.717) is 16.6 Å².